The molecule has 24 heavy (non-hydrogen) atoms. The van der Waals surface area contributed by atoms with Crippen molar-refractivity contribution in [3.8, 4) is 0 Å². The van der Waals surface area contributed by atoms with Gasteiger partial charge in [-0.25, -0.2) is 9.59 Å². The van der Waals surface area contributed by atoms with Crippen LogP contribution in [0.5, 0.6) is 0 Å². The van der Waals surface area contributed by atoms with Crippen molar-refractivity contribution in [1.29, 1.82) is 0 Å². The standard InChI is InChI=1S/C18H32O6/c1-4-5-6-7-8-9-10-11-12-13-16(20)24-18(22)15(3)23-17(21)14(2)19/h14-15,19H,4-13H2,1-3H3. The molecule has 0 saturated heterocycles. The minimum absolute atomic E-state index is 0.179. The largest absolute Gasteiger partial charge is 0.449 e. The molecule has 6 heteroatoms. The zero-order valence-electron chi connectivity index (χ0n) is 15.2. The van der Waals surface area contributed by atoms with E-state index >= 15 is 0 Å². The lowest BCUT2D eigenvalue weighted by Crippen LogP contribution is -2.31. The molecule has 2 unspecified atom stereocenters. The van der Waals surface area contributed by atoms with Crippen molar-refractivity contribution in [3.05, 3.63) is 0 Å². The van der Waals surface area contributed by atoms with Crippen LogP contribution in [0.3, 0.4) is 0 Å². The predicted molar refractivity (Wildman–Crippen MR) is 90.2 cm³/mol. The summed E-state index contributed by atoms with van der Waals surface area (Å²) in [4.78, 5) is 34.3. The first-order valence-corrected chi connectivity index (χ1v) is 9.01. The fourth-order valence-corrected chi connectivity index (χ4v) is 2.15. The van der Waals surface area contributed by atoms with Gasteiger partial charge < -0.3 is 14.6 Å². The summed E-state index contributed by atoms with van der Waals surface area (Å²) in [5.74, 6) is -2.45. The monoisotopic (exact) mass is 344 g/mol. The third kappa shape index (κ3) is 12.0. The average Bonchev–Trinajstić information content (AvgIpc) is 2.52. The first kappa shape index (κ1) is 22.6. The molecule has 0 amide bonds. The molecule has 0 aromatic heterocycles. The summed E-state index contributed by atoms with van der Waals surface area (Å²) in [5, 5.41) is 8.99. The second-order valence-corrected chi connectivity index (χ2v) is 6.13. The topological polar surface area (TPSA) is 89.9 Å². The Morgan fingerprint density at radius 1 is 0.833 bits per heavy atom. The third-order valence-corrected chi connectivity index (χ3v) is 3.66. The Morgan fingerprint density at radius 3 is 1.83 bits per heavy atom. The van der Waals surface area contributed by atoms with Crippen LogP contribution in [-0.2, 0) is 23.9 Å². The van der Waals surface area contributed by atoms with Crippen molar-refractivity contribution in [2.75, 3.05) is 0 Å². The Balaban J connectivity index is 3.67. The molecule has 0 bridgehead atoms. The Morgan fingerprint density at radius 2 is 1.33 bits per heavy atom. The number of aliphatic hydroxyl groups is 1. The van der Waals surface area contributed by atoms with Crippen molar-refractivity contribution < 1.29 is 29.0 Å². The zero-order chi connectivity index (χ0) is 18.4. The van der Waals surface area contributed by atoms with Gasteiger partial charge in [0, 0.05) is 6.42 Å². The number of carbonyl (C=O) groups is 3. The van der Waals surface area contributed by atoms with Crippen molar-refractivity contribution in [2.45, 2.75) is 97.2 Å². The molecular formula is C18H32O6. The van der Waals surface area contributed by atoms with Crippen LogP contribution in [0.1, 0.15) is 85.0 Å². The van der Waals surface area contributed by atoms with Gasteiger partial charge in [0.1, 0.15) is 6.10 Å². The number of hydrogen-bond acceptors (Lipinski definition) is 6. The Hall–Kier alpha value is -1.43. The van der Waals surface area contributed by atoms with E-state index in [1.807, 2.05) is 0 Å². The van der Waals surface area contributed by atoms with E-state index in [4.69, 9.17) is 5.11 Å². The van der Waals surface area contributed by atoms with Crippen LogP contribution in [0.25, 0.3) is 0 Å². The van der Waals surface area contributed by atoms with Crippen LogP contribution >= 0.6 is 0 Å². The van der Waals surface area contributed by atoms with Crippen LogP contribution in [0.4, 0.5) is 0 Å². The second-order valence-electron chi connectivity index (χ2n) is 6.13. The summed E-state index contributed by atoms with van der Waals surface area (Å²) in [5.41, 5.74) is 0. The van der Waals surface area contributed by atoms with E-state index in [-0.39, 0.29) is 6.42 Å². The molecule has 0 radical (unpaired) electrons. The lowest BCUT2D eigenvalue weighted by molar-refractivity contribution is -0.176. The minimum Gasteiger partial charge on any atom is -0.449 e. The van der Waals surface area contributed by atoms with Crippen LogP contribution in [0.15, 0.2) is 0 Å². The predicted octanol–water partition coefficient (Wildman–Crippen LogP) is 3.29. The average molecular weight is 344 g/mol. The summed E-state index contributed by atoms with van der Waals surface area (Å²) in [6.07, 6.45) is 7.86. The highest BCUT2D eigenvalue weighted by molar-refractivity contribution is 5.89. The van der Waals surface area contributed by atoms with E-state index in [0.717, 1.165) is 12.8 Å². The van der Waals surface area contributed by atoms with Gasteiger partial charge in [-0.05, 0) is 20.3 Å². The van der Waals surface area contributed by atoms with E-state index in [1.165, 1.54) is 52.4 Å². The molecule has 0 aliphatic carbocycles. The molecule has 0 saturated carbocycles. The molecule has 2 atom stereocenters. The first-order valence-electron chi connectivity index (χ1n) is 9.01. The maximum Gasteiger partial charge on any atom is 0.354 e. The molecule has 0 aliphatic rings. The van der Waals surface area contributed by atoms with Gasteiger partial charge in [0.05, 0.1) is 0 Å². The fraction of sp³-hybridized carbons (Fsp3) is 0.833. The number of aliphatic hydroxyl groups excluding tert-OH is 1. The molecule has 0 aromatic carbocycles. The molecule has 0 spiro atoms. The van der Waals surface area contributed by atoms with E-state index in [0.29, 0.717) is 6.42 Å². The number of esters is 3. The maximum absolute atomic E-state index is 11.6. The number of unbranched alkanes of at least 4 members (excludes halogenated alkanes) is 8. The van der Waals surface area contributed by atoms with Crippen molar-refractivity contribution in [2.24, 2.45) is 0 Å². The first-order chi connectivity index (χ1) is 11.4. The van der Waals surface area contributed by atoms with Crippen LogP contribution in [0, 0.1) is 0 Å². The lowest BCUT2D eigenvalue weighted by Gasteiger charge is -2.12. The highest BCUT2D eigenvalue weighted by Gasteiger charge is 2.23. The molecule has 6 nitrogen and oxygen atoms in total. The highest BCUT2D eigenvalue weighted by atomic mass is 16.6. The van der Waals surface area contributed by atoms with Gasteiger partial charge in [-0.2, -0.15) is 0 Å². The second kappa shape index (κ2) is 14.0. The molecule has 0 rings (SSSR count). The smallest absolute Gasteiger partial charge is 0.354 e. The zero-order valence-corrected chi connectivity index (χ0v) is 15.2. The van der Waals surface area contributed by atoms with E-state index in [1.54, 1.807) is 0 Å². The van der Waals surface area contributed by atoms with E-state index < -0.39 is 30.1 Å². The van der Waals surface area contributed by atoms with Gasteiger partial charge in [0.2, 0.25) is 0 Å². The number of hydrogen-bond donors (Lipinski definition) is 1. The van der Waals surface area contributed by atoms with Crippen LogP contribution in [0.2, 0.25) is 0 Å². The van der Waals surface area contributed by atoms with Gasteiger partial charge in [0.15, 0.2) is 6.10 Å². The number of rotatable bonds is 13. The Labute approximate surface area is 144 Å². The van der Waals surface area contributed by atoms with Crippen molar-refractivity contribution >= 4 is 17.9 Å². The molecule has 0 aliphatic heterocycles. The SMILES string of the molecule is CCCCCCCCCCCC(=O)OC(=O)C(C)OC(=O)C(C)O. The fourth-order valence-electron chi connectivity index (χ4n) is 2.15. The Bertz CT molecular complexity index is 378. The molecule has 140 valence electrons. The van der Waals surface area contributed by atoms with Crippen LogP contribution in [-0.4, -0.2) is 35.2 Å². The summed E-state index contributed by atoms with van der Waals surface area (Å²) < 4.78 is 9.28. The van der Waals surface area contributed by atoms with Crippen molar-refractivity contribution in [1.82, 2.24) is 0 Å². The summed E-state index contributed by atoms with van der Waals surface area (Å²) in [7, 11) is 0. The minimum atomic E-state index is -1.32. The van der Waals surface area contributed by atoms with Gasteiger partial charge >= 0.3 is 17.9 Å². The normalized spacial score (nSPS) is 13.2. The summed E-state index contributed by atoms with van der Waals surface area (Å²) in [6.45, 7) is 4.73. The van der Waals surface area contributed by atoms with Gasteiger partial charge in [-0.1, -0.05) is 58.3 Å². The number of ether oxygens (including phenoxy) is 2. The molecule has 0 fully saturated rings. The summed E-state index contributed by atoms with van der Waals surface area (Å²) in [6, 6.07) is 0. The van der Waals surface area contributed by atoms with Crippen LogP contribution < -0.4 is 0 Å². The molecular weight excluding hydrogens is 312 g/mol. The van der Waals surface area contributed by atoms with Gasteiger partial charge in [-0.15, -0.1) is 0 Å². The quantitative estimate of drug-likeness (QED) is 0.313. The van der Waals surface area contributed by atoms with Gasteiger partial charge in [-0.3, -0.25) is 4.79 Å². The molecule has 0 heterocycles. The highest BCUT2D eigenvalue weighted by Crippen LogP contribution is 2.11. The Kier molecular flexibility index (Phi) is 13.1. The van der Waals surface area contributed by atoms with E-state index in [2.05, 4.69) is 16.4 Å². The molecule has 1 N–H and O–H groups in total. The van der Waals surface area contributed by atoms with Crippen molar-refractivity contribution in [3.63, 3.8) is 0 Å². The number of carbonyl (C=O) groups excluding carboxylic acids is 3. The maximum atomic E-state index is 11.6. The van der Waals surface area contributed by atoms with E-state index in [9.17, 15) is 14.4 Å². The van der Waals surface area contributed by atoms with Gasteiger partial charge in [0.25, 0.3) is 0 Å². The summed E-state index contributed by atoms with van der Waals surface area (Å²) >= 11 is 0. The lowest BCUT2D eigenvalue weighted by atomic mass is 10.1. The molecule has 0 aromatic rings. The third-order valence-electron chi connectivity index (χ3n) is 3.66.